The maximum Gasteiger partial charge on any atom is 0.296 e. The van der Waals surface area contributed by atoms with Crippen molar-refractivity contribution in [1.29, 1.82) is 0 Å². The third-order valence-electron chi connectivity index (χ3n) is 4.91. The van der Waals surface area contributed by atoms with E-state index in [9.17, 15) is 22.6 Å². The second kappa shape index (κ2) is 6.69. The molecule has 0 heterocycles. The van der Waals surface area contributed by atoms with E-state index in [-0.39, 0.29) is 33.4 Å². The lowest BCUT2D eigenvalue weighted by atomic mass is 9.82. The molecule has 0 unspecified atom stereocenters. The van der Waals surface area contributed by atoms with Crippen LogP contribution in [0.15, 0.2) is 35.2 Å². The van der Waals surface area contributed by atoms with Gasteiger partial charge in [-0.15, -0.1) is 0 Å². The third kappa shape index (κ3) is 3.28. The largest absolute Gasteiger partial charge is 0.397 e. The van der Waals surface area contributed by atoms with E-state index in [0.717, 1.165) is 6.07 Å². The Morgan fingerprint density at radius 3 is 2.14 bits per heavy atom. The Kier molecular flexibility index (Phi) is 4.78. The zero-order valence-corrected chi connectivity index (χ0v) is 16.4. The van der Waals surface area contributed by atoms with Crippen LogP contribution in [-0.4, -0.2) is 37.6 Å². The molecule has 0 spiro atoms. The number of rotatable bonds is 5. The van der Waals surface area contributed by atoms with E-state index in [0.29, 0.717) is 13.1 Å². The number of benzene rings is 2. The van der Waals surface area contributed by atoms with Crippen molar-refractivity contribution in [2.24, 2.45) is 5.41 Å². The van der Waals surface area contributed by atoms with Crippen molar-refractivity contribution in [3.63, 3.8) is 0 Å². The zero-order chi connectivity index (χ0) is 20.9. The molecule has 1 aliphatic rings. The molecular weight excluding hydrogens is 382 g/mol. The molecule has 0 bridgehead atoms. The monoisotopic (exact) mass is 404 g/mol. The summed E-state index contributed by atoms with van der Waals surface area (Å²) in [7, 11) is -4.71. The van der Waals surface area contributed by atoms with Crippen molar-refractivity contribution in [1.82, 2.24) is 0 Å². The summed E-state index contributed by atoms with van der Waals surface area (Å²) in [4.78, 5) is 25.5. The predicted molar refractivity (Wildman–Crippen MR) is 104 cm³/mol. The van der Waals surface area contributed by atoms with Crippen LogP contribution in [0.5, 0.6) is 0 Å². The summed E-state index contributed by atoms with van der Waals surface area (Å²) in [5.41, 5.74) is 9.39. The van der Waals surface area contributed by atoms with E-state index < -0.39 is 32.3 Å². The fourth-order valence-electron chi connectivity index (χ4n) is 3.07. The minimum absolute atomic E-state index is 0.00784. The van der Waals surface area contributed by atoms with Crippen LogP contribution in [0, 0.1) is 5.41 Å². The minimum Gasteiger partial charge on any atom is -0.397 e. The minimum atomic E-state index is -4.71. The molecule has 0 atom stereocenters. The van der Waals surface area contributed by atoms with Gasteiger partial charge in [0.15, 0.2) is 11.6 Å². The predicted octanol–water partition coefficient (Wildman–Crippen LogP) is 0.971. The number of nitrogens with two attached hydrogens (primary N) is 1. The second-order valence-corrected chi connectivity index (χ2v) is 8.92. The van der Waals surface area contributed by atoms with Crippen LogP contribution in [0.1, 0.15) is 45.7 Å². The molecule has 0 aliphatic heterocycles. The van der Waals surface area contributed by atoms with E-state index in [1.54, 1.807) is 12.1 Å². The van der Waals surface area contributed by atoms with Gasteiger partial charge >= 0.3 is 0 Å². The van der Waals surface area contributed by atoms with Crippen LogP contribution in [0.4, 0.5) is 11.4 Å². The van der Waals surface area contributed by atoms with E-state index in [4.69, 9.17) is 5.73 Å². The van der Waals surface area contributed by atoms with Crippen LogP contribution in [0.2, 0.25) is 0 Å². The van der Waals surface area contributed by atoms with Crippen molar-refractivity contribution in [3.05, 3.63) is 52.6 Å². The quantitative estimate of drug-likeness (QED) is 0.365. The van der Waals surface area contributed by atoms with Crippen LogP contribution >= 0.6 is 0 Å². The fourth-order valence-corrected chi connectivity index (χ4v) is 3.72. The highest BCUT2D eigenvalue weighted by Gasteiger charge is 2.36. The van der Waals surface area contributed by atoms with Crippen molar-refractivity contribution in [2.75, 3.05) is 24.1 Å². The second-order valence-electron chi connectivity index (χ2n) is 7.53. The van der Waals surface area contributed by atoms with Gasteiger partial charge in [0.05, 0.1) is 23.4 Å². The van der Waals surface area contributed by atoms with E-state index >= 15 is 0 Å². The Bertz CT molecular complexity index is 1110. The Morgan fingerprint density at radius 1 is 1.11 bits per heavy atom. The van der Waals surface area contributed by atoms with Crippen LogP contribution in [0.25, 0.3) is 0 Å². The summed E-state index contributed by atoms with van der Waals surface area (Å²) in [6.45, 7) is 4.84. The van der Waals surface area contributed by atoms with Crippen LogP contribution in [-0.2, 0) is 10.1 Å². The topological polar surface area (TPSA) is 154 Å². The molecule has 28 heavy (non-hydrogen) atoms. The number of carbonyl (C=O) groups excluding carboxylic acids is 2. The summed E-state index contributed by atoms with van der Waals surface area (Å²) in [5, 5.41) is 3.04. The van der Waals surface area contributed by atoms with Gasteiger partial charge in [-0.1, -0.05) is 38.1 Å². The van der Waals surface area contributed by atoms with Crippen LogP contribution in [0.3, 0.4) is 0 Å². The van der Waals surface area contributed by atoms with Crippen molar-refractivity contribution >= 4 is 33.1 Å². The molecule has 2 aromatic rings. The Labute approximate surface area is 162 Å². The fraction of sp³-hybridized carbons (Fsp3) is 0.263. The lowest BCUT2D eigenvalue weighted by Crippen LogP contribution is -2.58. The van der Waals surface area contributed by atoms with Crippen LogP contribution < -0.4 is 16.8 Å². The smallest absolute Gasteiger partial charge is 0.296 e. The van der Waals surface area contributed by atoms with Gasteiger partial charge in [0.2, 0.25) is 0 Å². The first-order valence-corrected chi connectivity index (χ1v) is 10.1. The number of hydrogen-bond donors (Lipinski definition) is 4. The zero-order valence-electron chi connectivity index (χ0n) is 15.6. The first-order valence-electron chi connectivity index (χ1n) is 8.63. The third-order valence-corrected chi connectivity index (χ3v) is 5.81. The molecule has 0 saturated heterocycles. The molecule has 0 amide bonds. The molecule has 148 valence electrons. The highest BCUT2D eigenvalue weighted by Crippen LogP contribution is 2.39. The number of anilines is 2. The number of nitrogen functional groups attached to an aromatic ring is 1. The number of hydrogen-bond acceptors (Lipinski definition) is 6. The normalized spacial score (nSPS) is 13.9. The highest BCUT2D eigenvalue weighted by atomic mass is 32.2. The molecule has 0 radical (unpaired) electrons. The van der Waals surface area contributed by atoms with Crippen molar-refractivity contribution in [2.45, 2.75) is 18.7 Å². The summed E-state index contributed by atoms with van der Waals surface area (Å²) >= 11 is 0. The summed E-state index contributed by atoms with van der Waals surface area (Å²) < 4.78 is 33.2. The molecule has 0 fully saturated rings. The standard InChI is InChI=1S/C19H21N3O5S/c1-19(2,8-20)9-22-12-7-13(28(25,26)27)16(21)15-14(12)17(23)10-5-3-4-6-11(10)18(15)24/h3-7,22H,8-9,20-21H2,1-2H3,(H,25,26,27)/p+1. The lowest BCUT2D eigenvalue weighted by molar-refractivity contribution is -0.388. The van der Waals surface area contributed by atoms with Crippen molar-refractivity contribution in [3.8, 4) is 0 Å². The van der Waals surface area contributed by atoms with E-state index in [1.165, 1.54) is 12.1 Å². The number of quaternary nitrogens is 1. The van der Waals surface area contributed by atoms with Gasteiger partial charge in [-0.25, -0.2) is 0 Å². The molecule has 0 aromatic heterocycles. The SMILES string of the molecule is CC(C)(C[NH3+])CNc1cc(S(=O)(=O)O)c(N)c2c1C(=O)c1ccccc1C2=O. The van der Waals surface area contributed by atoms with Gasteiger partial charge < -0.3 is 16.8 Å². The number of nitrogens with one attached hydrogen (secondary N) is 1. The maximum atomic E-state index is 13.1. The lowest BCUT2D eigenvalue weighted by Gasteiger charge is -2.26. The maximum absolute atomic E-state index is 13.1. The van der Waals surface area contributed by atoms with Crippen molar-refractivity contribution < 1.29 is 28.3 Å². The molecule has 8 nitrogen and oxygen atoms in total. The number of fused-ring (bicyclic) bond motifs is 2. The highest BCUT2D eigenvalue weighted by molar-refractivity contribution is 7.86. The molecule has 3 rings (SSSR count). The molecule has 9 heteroatoms. The van der Waals surface area contributed by atoms with E-state index in [1.807, 2.05) is 13.8 Å². The van der Waals surface area contributed by atoms with Gasteiger partial charge in [-0.3, -0.25) is 14.1 Å². The molecular formula is C19H22N3O5S+. The summed E-state index contributed by atoms with van der Waals surface area (Å²) in [6, 6.07) is 7.37. The average Bonchev–Trinajstić information content (AvgIpc) is 2.63. The van der Waals surface area contributed by atoms with Gasteiger partial charge in [0.1, 0.15) is 4.90 Å². The number of ketones is 2. The Balaban J connectivity index is 2.29. The number of carbonyl (C=O) groups is 2. The first kappa shape index (κ1) is 20.0. The van der Waals surface area contributed by atoms with Gasteiger partial charge in [0, 0.05) is 28.8 Å². The average molecular weight is 404 g/mol. The first-order chi connectivity index (χ1) is 13.0. The van der Waals surface area contributed by atoms with Gasteiger partial charge in [0.25, 0.3) is 10.1 Å². The Morgan fingerprint density at radius 2 is 1.64 bits per heavy atom. The van der Waals surface area contributed by atoms with E-state index in [2.05, 4.69) is 11.1 Å². The van der Waals surface area contributed by atoms with Gasteiger partial charge in [-0.2, -0.15) is 8.42 Å². The van der Waals surface area contributed by atoms with Gasteiger partial charge in [-0.05, 0) is 6.07 Å². The molecule has 1 aliphatic carbocycles. The Hall–Kier alpha value is -2.75. The molecule has 7 N–H and O–H groups in total. The molecule has 2 aromatic carbocycles. The summed E-state index contributed by atoms with van der Waals surface area (Å²) in [5.74, 6) is -0.999. The molecule has 0 saturated carbocycles. The summed E-state index contributed by atoms with van der Waals surface area (Å²) in [6.07, 6.45) is 0.